The second-order valence-corrected chi connectivity index (χ2v) is 8.50. The van der Waals surface area contributed by atoms with Crippen LogP contribution in [0.4, 0.5) is 17.1 Å². The molecule has 0 unspecified atom stereocenters. The zero-order chi connectivity index (χ0) is 24.4. The molecule has 0 aliphatic carbocycles. The summed E-state index contributed by atoms with van der Waals surface area (Å²) < 4.78 is 10.7. The summed E-state index contributed by atoms with van der Waals surface area (Å²) in [4.78, 5) is 29.3. The fraction of sp³-hybridized carbons (Fsp3) is 0.346. The van der Waals surface area contributed by atoms with E-state index in [-0.39, 0.29) is 11.8 Å². The minimum atomic E-state index is -0.202. The minimum absolute atomic E-state index is 0.139. The Morgan fingerprint density at radius 1 is 0.971 bits per heavy atom. The van der Waals surface area contributed by atoms with E-state index >= 15 is 0 Å². The van der Waals surface area contributed by atoms with Crippen LogP contribution in [-0.2, 0) is 9.59 Å². The molecule has 0 saturated carbocycles. The number of carbonyl (C=O) groups is 2. The largest absolute Gasteiger partial charge is 0.493 e. The molecule has 1 fully saturated rings. The van der Waals surface area contributed by atoms with E-state index in [1.165, 1.54) is 0 Å². The predicted octanol–water partition coefficient (Wildman–Crippen LogP) is 4.28. The Labute approximate surface area is 199 Å². The zero-order valence-corrected chi connectivity index (χ0v) is 20.0. The lowest BCUT2D eigenvalue weighted by Gasteiger charge is -2.32. The fourth-order valence-electron chi connectivity index (χ4n) is 4.54. The maximum atomic E-state index is 13.6. The molecule has 8 heteroatoms. The van der Waals surface area contributed by atoms with Crippen LogP contribution in [0.2, 0.25) is 0 Å². The quantitative estimate of drug-likeness (QED) is 0.599. The van der Waals surface area contributed by atoms with Crippen LogP contribution in [0.3, 0.4) is 0 Å². The standard InChI is InChI=1S/C26H30N4O4/c1-16-14-19(8-9-21(16)30-12-5-6-24(30)31)29-13-11-20(17(2)27)25(26(29)32)28-18-7-10-22(33-3)23(15-18)34-4/h7-10,14-15,27-28H,5-6,11-13H2,1-4H3. The lowest BCUT2D eigenvalue weighted by Crippen LogP contribution is -2.40. The van der Waals surface area contributed by atoms with Crippen molar-refractivity contribution >= 4 is 34.6 Å². The molecule has 0 bridgehead atoms. The number of rotatable bonds is 7. The van der Waals surface area contributed by atoms with Crippen molar-refractivity contribution < 1.29 is 19.1 Å². The fourth-order valence-corrected chi connectivity index (χ4v) is 4.54. The molecule has 1 saturated heterocycles. The van der Waals surface area contributed by atoms with Gasteiger partial charge in [-0.3, -0.25) is 9.59 Å². The number of nitrogens with one attached hydrogen (secondary N) is 2. The first-order valence-corrected chi connectivity index (χ1v) is 11.3. The lowest BCUT2D eigenvalue weighted by atomic mass is 9.99. The van der Waals surface area contributed by atoms with Crippen LogP contribution in [-0.4, -0.2) is 44.8 Å². The van der Waals surface area contributed by atoms with Crippen molar-refractivity contribution in [2.75, 3.05) is 42.4 Å². The number of hydrogen-bond donors (Lipinski definition) is 2. The van der Waals surface area contributed by atoms with Crippen molar-refractivity contribution in [3.05, 3.63) is 53.2 Å². The number of nitrogens with zero attached hydrogens (tertiary/aromatic N) is 2. The Balaban J connectivity index is 1.64. The van der Waals surface area contributed by atoms with E-state index in [0.717, 1.165) is 29.9 Å². The van der Waals surface area contributed by atoms with Gasteiger partial charge < -0.3 is 30.0 Å². The molecule has 0 spiro atoms. The molecule has 2 aromatic rings. The first-order chi connectivity index (χ1) is 16.3. The Bertz CT molecular complexity index is 1190. The van der Waals surface area contributed by atoms with Gasteiger partial charge in [0.15, 0.2) is 11.5 Å². The summed E-state index contributed by atoms with van der Waals surface area (Å²) in [5, 5.41) is 11.4. The highest BCUT2D eigenvalue weighted by atomic mass is 16.5. The van der Waals surface area contributed by atoms with Crippen LogP contribution >= 0.6 is 0 Å². The number of hydrogen-bond acceptors (Lipinski definition) is 6. The Morgan fingerprint density at radius 2 is 1.74 bits per heavy atom. The Morgan fingerprint density at radius 3 is 2.35 bits per heavy atom. The van der Waals surface area contributed by atoms with Crippen LogP contribution in [0.25, 0.3) is 0 Å². The minimum Gasteiger partial charge on any atom is -0.493 e. The van der Waals surface area contributed by atoms with Gasteiger partial charge in [-0.2, -0.15) is 0 Å². The van der Waals surface area contributed by atoms with Crippen LogP contribution in [0.1, 0.15) is 31.7 Å². The van der Waals surface area contributed by atoms with Gasteiger partial charge in [0, 0.05) is 53.9 Å². The molecule has 178 valence electrons. The maximum Gasteiger partial charge on any atom is 0.275 e. The van der Waals surface area contributed by atoms with Gasteiger partial charge in [-0.1, -0.05) is 0 Å². The average Bonchev–Trinajstić information content (AvgIpc) is 3.25. The van der Waals surface area contributed by atoms with Gasteiger partial charge in [-0.05, 0) is 62.6 Å². The lowest BCUT2D eigenvalue weighted by molar-refractivity contribution is -0.117. The summed E-state index contributed by atoms with van der Waals surface area (Å²) >= 11 is 0. The monoisotopic (exact) mass is 462 g/mol. The molecule has 0 aromatic heterocycles. The topological polar surface area (TPSA) is 95.0 Å². The summed E-state index contributed by atoms with van der Waals surface area (Å²) in [5.41, 5.74) is 4.70. The van der Waals surface area contributed by atoms with Gasteiger partial charge in [-0.25, -0.2) is 0 Å². The van der Waals surface area contributed by atoms with Gasteiger partial charge in [0.1, 0.15) is 5.70 Å². The van der Waals surface area contributed by atoms with Gasteiger partial charge in [-0.15, -0.1) is 0 Å². The Hall–Kier alpha value is -3.81. The van der Waals surface area contributed by atoms with Crippen LogP contribution in [0.15, 0.2) is 47.7 Å². The van der Waals surface area contributed by atoms with E-state index in [4.69, 9.17) is 14.9 Å². The SMILES string of the molecule is COc1ccc(NC2=C(C(C)=N)CCN(c3ccc(N4CCCC4=O)c(C)c3)C2=O)cc1OC. The zero-order valence-electron chi connectivity index (χ0n) is 20.0. The van der Waals surface area contributed by atoms with Gasteiger partial charge in [0.2, 0.25) is 5.91 Å². The average molecular weight is 463 g/mol. The number of benzene rings is 2. The molecule has 34 heavy (non-hydrogen) atoms. The third-order valence-electron chi connectivity index (χ3n) is 6.31. The van der Waals surface area contributed by atoms with Gasteiger partial charge in [0.25, 0.3) is 5.91 Å². The number of ether oxygens (including phenoxy) is 2. The molecule has 0 radical (unpaired) electrons. The van der Waals surface area contributed by atoms with E-state index in [9.17, 15) is 9.59 Å². The molecule has 2 heterocycles. The molecule has 2 aliphatic heterocycles. The van der Waals surface area contributed by atoms with E-state index in [2.05, 4.69) is 5.32 Å². The number of amides is 2. The van der Waals surface area contributed by atoms with Crippen molar-refractivity contribution in [1.29, 1.82) is 5.41 Å². The summed E-state index contributed by atoms with van der Waals surface area (Å²) in [6, 6.07) is 11.1. The third-order valence-corrected chi connectivity index (χ3v) is 6.31. The van der Waals surface area contributed by atoms with Crippen molar-refractivity contribution in [2.24, 2.45) is 0 Å². The van der Waals surface area contributed by atoms with Gasteiger partial charge >= 0.3 is 0 Å². The van der Waals surface area contributed by atoms with E-state index in [1.807, 2.05) is 36.1 Å². The molecular formula is C26H30N4O4. The highest BCUT2D eigenvalue weighted by Crippen LogP contribution is 2.34. The van der Waals surface area contributed by atoms with E-state index in [1.54, 1.807) is 38.2 Å². The first-order valence-electron chi connectivity index (χ1n) is 11.3. The summed E-state index contributed by atoms with van der Waals surface area (Å²) in [7, 11) is 3.13. The molecule has 8 nitrogen and oxygen atoms in total. The Kier molecular flexibility index (Phi) is 6.58. The highest BCUT2D eigenvalue weighted by Gasteiger charge is 2.30. The third kappa shape index (κ3) is 4.35. The van der Waals surface area contributed by atoms with Crippen LogP contribution in [0.5, 0.6) is 11.5 Å². The summed E-state index contributed by atoms with van der Waals surface area (Å²) in [5.74, 6) is 1.07. The summed E-state index contributed by atoms with van der Waals surface area (Å²) in [6.45, 7) is 4.86. The van der Waals surface area contributed by atoms with Crippen LogP contribution in [0, 0.1) is 12.3 Å². The molecule has 4 rings (SSSR count). The molecular weight excluding hydrogens is 432 g/mol. The predicted molar refractivity (Wildman–Crippen MR) is 133 cm³/mol. The number of aryl methyl sites for hydroxylation is 1. The molecule has 2 amide bonds. The second kappa shape index (κ2) is 9.59. The second-order valence-electron chi connectivity index (χ2n) is 8.50. The first kappa shape index (κ1) is 23.4. The van der Waals surface area contributed by atoms with Crippen molar-refractivity contribution in [1.82, 2.24) is 0 Å². The highest BCUT2D eigenvalue weighted by molar-refractivity contribution is 6.15. The maximum absolute atomic E-state index is 13.6. The normalized spacial score (nSPS) is 16.2. The van der Waals surface area contributed by atoms with Crippen molar-refractivity contribution in [3.8, 4) is 11.5 Å². The molecule has 2 aromatic carbocycles. The number of methoxy groups -OCH3 is 2. The summed E-state index contributed by atoms with van der Waals surface area (Å²) in [6.07, 6.45) is 2.00. The molecule has 0 atom stereocenters. The number of anilines is 3. The van der Waals surface area contributed by atoms with E-state index in [0.29, 0.717) is 53.6 Å². The van der Waals surface area contributed by atoms with Gasteiger partial charge in [0.05, 0.1) is 14.2 Å². The molecule has 2 aliphatic rings. The van der Waals surface area contributed by atoms with Crippen molar-refractivity contribution in [2.45, 2.75) is 33.1 Å². The van der Waals surface area contributed by atoms with Crippen LogP contribution < -0.4 is 24.6 Å². The smallest absolute Gasteiger partial charge is 0.275 e. The van der Waals surface area contributed by atoms with E-state index < -0.39 is 0 Å². The van der Waals surface area contributed by atoms with Crippen molar-refractivity contribution in [3.63, 3.8) is 0 Å². The molecule has 2 N–H and O–H groups in total. The number of carbonyl (C=O) groups excluding carboxylic acids is 2.